The van der Waals surface area contributed by atoms with Crippen molar-refractivity contribution in [2.24, 2.45) is 5.92 Å². The van der Waals surface area contributed by atoms with E-state index >= 15 is 0 Å². The lowest BCUT2D eigenvalue weighted by Crippen LogP contribution is -2.36. The van der Waals surface area contributed by atoms with Gasteiger partial charge in [-0.15, -0.1) is 12.4 Å². The first-order chi connectivity index (χ1) is 9.72. The fraction of sp³-hybridized carbons (Fsp3) is 0.625. The Morgan fingerprint density at radius 1 is 1.33 bits per heavy atom. The first kappa shape index (κ1) is 18.8. The van der Waals surface area contributed by atoms with Crippen LogP contribution in [-0.4, -0.2) is 38.2 Å². The summed E-state index contributed by atoms with van der Waals surface area (Å²) in [6.07, 6.45) is 2.60. The van der Waals surface area contributed by atoms with Crippen molar-refractivity contribution in [2.45, 2.75) is 26.3 Å². The van der Waals surface area contributed by atoms with E-state index < -0.39 is 0 Å². The predicted octanol–water partition coefficient (Wildman–Crippen LogP) is 3.70. The Hall–Kier alpha value is -0.290. The van der Waals surface area contributed by atoms with E-state index in [0.717, 1.165) is 24.8 Å². The van der Waals surface area contributed by atoms with Crippen LogP contribution in [0.2, 0.25) is 0 Å². The van der Waals surface area contributed by atoms with Crippen molar-refractivity contribution < 1.29 is 4.74 Å². The highest BCUT2D eigenvalue weighted by atomic mass is 79.9. The number of nitrogens with zero attached hydrogens (tertiary/aromatic N) is 1. The second-order valence-corrected chi connectivity index (χ2v) is 6.34. The van der Waals surface area contributed by atoms with Crippen LogP contribution in [0.25, 0.3) is 0 Å². The molecule has 1 aliphatic heterocycles. The number of halogens is 2. The molecule has 0 saturated carbocycles. The van der Waals surface area contributed by atoms with E-state index in [2.05, 4.69) is 45.2 Å². The number of benzene rings is 1. The minimum Gasteiger partial charge on any atom is -0.497 e. The molecule has 1 saturated heterocycles. The lowest BCUT2D eigenvalue weighted by Gasteiger charge is -2.32. The lowest BCUT2D eigenvalue weighted by atomic mass is 9.96. The molecule has 2 rings (SSSR count). The summed E-state index contributed by atoms with van der Waals surface area (Å²) < 4.78 is 6.49. The molecule has 0 atom stereocenters. The third-order valence-electron chi connectivity index (χ3n) is 4.04. The minimum absolute atomic E-state index is 0. The van der Waals surface area contributed by atoms with Crippen molar-refractivity contribution in [2.75, 3.05) is 33.3 Å². The molecular weight excluding hydrogens is 352 g/mol. The van der Waals surface area contributed by atoms with Gasteiger partial charge in [0.25, 0.3) is 0 Å². The minimum atomic E-state index is 0. The second-order valence-electron chi connectivity index (χ2n) is 5.48. The topological polar surface area (TPSA) is 24.5 Å². The maximum atomic E-state index is 5.31. The van der Waals surface area contributed by atoms with Gasteiger partial charge in [0.2, 0.25) is 0 Å². The van der Waals surface area contributed by atoms with Gasteiger partial charge < -0.3 is 10.1 Å². The van der Waals surface area contributed by atoms with Crippen LogP contribution in [0, 0.1) is 5.92 Å². The molecule has 21 heavy (non-hydrogen) atoms. The number of ether oxygens (including phenoxy) is 1. The number of piperidine rings is 1. The second kappa shape index (κ2) is 9.67. The standard InChI is InChI=1S/C16H25BrN2O.ClH/c1-3-18-11-13-6-8-19(9-7-13)12-14-10-15(20-2)4-5-16(14)17;/h4-5,10,13,18H,3,6-9,11-12H2,1-2H3;1H. The van der Waals surface area contributed by atoms with Crippen molar-refractivity contribution in [3.05, 3.63) is 28.2 Å². The normalized spacial score (nSPS) is 16.5. The van der Waals surface area contributed by atoms with Gasteiger partial charge in [0.1, 0.15) is 5.75 Å². The fourth-order valence-corrected chi connectivity index (χ4v) is 3.11. The van der Waals surface area contributed by atoms with Crippen LogP contribution < -0.4 is 10.1 Å². The molecular formula is C16H26BrClN2O. The number of likely N-dealkylation sites (tertiary alicyclic amines) is 1. The van der Waals surface area contributed by atoms with Crippen molar-refractivity contribution in [1.29, 1.82) is 0 Å². The molecule has 1 aliphatic rings. The van der Waals surface area contributed by atoms with Gasteiger partial charge in [0.05, 0.1) is 7.11 Å². The molecule has 120 valence electrons. The van der Waals surface area contributed by atoms with E-state index in [0.29, 0.717) is 0 Å². The predicted molar refractivity (Wildman–Crippen MR) is 94.5 cm³/mol. The van der Waals surface area contributed by atoms with Crippen LogP contribution >= 0.6 is 28.3 Å². The smallest absolute Gasteiger partial charge is 0.119 e. The molecule has 0 unspecified atom stereocenters. The van der Waals surface area contributed by atoms with Crippen LogP contribution in [-0.2, 0) is 6.54 Å². The molecule has 1 N–H and O–H groups in total. The van der Waals surface area contributed by atoms with Gasteiger partial charge >= 0.3 is 0 Å². The molecule has 1 aromatic carbocycles. The molecule has 1 heterocycles. The lowest BCUT2D eigenvalue weighted by molar-refractivity contribution is 0.175. The van der Waals surface area contributed by atoms with E-state index in [4.69, 9.17) is 4.74 Å². The molecule has 1 fully saturated rings. The van der Waals surface area contributed by atoms with Crippen LogP contribution in [0.4, 0.5) is 0 Å². The SMILES string of the molecule is CCNCC1CCN(Cc2cc(OC)ccc2Br)CC1.Cl. The molecule has 5 heteroatoms. The van der Waals surface area contributed by atoms with E-state index in [9.17, 15) is 0 Å². The summed E-state index contributed by atoms with van der Waals surface area (Å²) in [6, 6.07) is 6.21. The van der Waals surface area contributed by atoms with Gasteiger partial charge in [0.15, 0.2) is 0 Å². The Kier molecular flexibility index (Phi) is 8.64. The number of nitrogens with one attached hydrogen (secondary N) is 1. The fourth-order valence-electron chi connectivity index (χ4n) is 2.74. The maximum absolute atomic E-state index is 5.31. The van der Waals surface area contributed by atoms with Crippen LogP contribution in [0.3, 0.4) is 0 Å². The average Bonchev–Trinajstić information content (AvgIpc) is 2.49. The van der Waals surface area contributed by atoms with E-state index in [1.54, 1.807) is 7.11 Å². The Morgan fingerprint density at radius 2 is 2.05 bits per heavy atom. The van der Waals surface area contributed by atoms with Gasteiger partial charge in [-0.3, -0.25) is 4.90 Å². The van der Waals surface area contributed by atoms with E-state index in [-0.39, 0.29) is 12.4 Å². The summed E-state index contributed by atoms with van der Waals surface area (Å²) in [6.45, 7) is 7.82. The zero-order valence-electron chi connectivity index (χ0n) is 12.9. The van der Waals surface area contributed by atoms with Gasteiger partial charge in [-0.05, 0) is 68.7 Å². The molecule has 3 nitrogen and oxygen atoms in total. The summed E-state index contributed by atoms with van der Waals surface area (Å²) in [4.78, 5) is 2.54. The highest BCUT2D eigenvalue weighted by Crippen LogP contribution is 2.25. The number of rotatable bonds is 6. The number of hydrogen-bond acceptors (Lipinski definition) is 3. The maximum Gasteiger partial charge on any atom is 0.119 e. The highest BCUT2D eigenvalue weighted by molar-refractivity contribution is 9.10. The average molecular weight is 378 g/mol. The summed E-state index contributed by atoms with van der Waals surface area (Å²) in [5.74, 6) is 1.78. The highest BCUT2D eigenvalue weighted by Gasteiger charge is 2.19. The van der Waals surface area contributed by atoms with Gasteiger partial charge in [-0.2, -0.15) is 0 Å². The first-order valence-electron chi connectivity index (χ1n) is 7.48. The molecule has 0 aromatic heterocycles. The van der Waals surface area contributed by atoms with Gasteiger partial charge in [-0.1, -0.05) is 22.9 Å². The van der Waals surface area contributed by atoms with Gasteiger partial charge in [0, 0.05) is 11.0 Å². The Balaban J connectivity index is 0.00000220. The molecule has 0 aliphatic carbocycles. The molecule has 0 bridgehead atoms. The monoisotopic (exact) mass is 376 g/mol. The van der Waals surface area contributed by atoms with E-state index in [1.807, 2.05) is 6.07 Å². The molecule has 0 spiro atoms. The summed E-state index contributed by atoms with van der Waals surface area (Å²) in [7, 11) is 1.72. The largest absolute Gasteiger partial charge is 0.497 e. The first-order valence-corrected chi connectivity index (χ1v) is 8.27. The summed E-state index contributed by atoms with van der Waals surface area (Å²) in [5.41, 5.74) is 1.31. The van der Waals surface area contributed by atoms with Crippen molar-refractivity contribution in [1.82, 2.24) is 10.2 Å². The van der Waals surface area contributed by atoms with Crippen molar-refractivity contribution >= 4 is 28.3 Å². The molecule has 1 aromatic rings. The quantitative estimate of drug-likeness (QED) is 0.818. The third kappa shape index (κ3) is 5.78. The summed E-state index contributed by atoms with van der Waals surface area (Å²) >= 11 is 3.64. The Morgan fingerprint density at radius 3 is 2.67 bits per heavy atom. The summed E-state index contributed by atoms with van der Waals surface area (Å²) in [5, 5.41) is 3.46. The number of methoxy groups -OCH3 is 1. The number of hydrogen-bond donors (Lipinski definition) is 1. The third-order valence-corrected chi connectivity index (χ3v) is 4.81. The zero-order chi connectivity index (χ0) is 14.4. The van der Waals surface area contributed by atoms with Crippen LogP contribution in [0.1, 0.15) is 25.3 Å². The van der Waals surface area contributed by atoms with Crippen molar-refractivity contribution in [3.8, 4) is 5.75 Å². The van der Waals surface area contributed by atoms with Crippen molar-refractivity contribution in [3.63, 3.8) is 0 Å². The Labute approximate surface area is 143 Å². The molecule has 0 amide bonds. The zero-order valence-corrected chi connectivity index (χ0v) is 15.3. The van der Waals surface area contributed by atoms with Crippen LogP contribution in [0.5, 0.6) is 5.75 Å². The van der Waals surface area contributed by atoms with Crippen LogP contribution in [0.15, 0.2) is 22.7 Å². The van der Waals surface area contributed by atoms with E-state index in [1.165, 1.54) is 42.5 Å². The van der Waals surface area contributed by atoms with Gasteiger partial charge in [-0.25, -0.2) is 0 Å². The molecule has 0 radical (unpaired) electrons. The Bertz CT molecular complexity index is 423.